The summed E-state index contributed by atoms with van der Waals surface area (Å²) < 4.78 is 6.09. The summed E-state index contributed by atoms with van der Waals surface area (Å²) in [6, 6.07) is 29.7. The van der Waals surface area contributed by atoms with Crippen LogP contribution >= 0.6 is 0 Å². The number of hydrogen-bond donors (Lipinski definition) is 1. The van der Waals surface area contributed by atoms with Crippen LogP contribution in [0.5, 0.6) is 5.75 Å². The Morgan fingerprint density at radius 2 is 1.47 bits per heavy atom. The number of benzene rings is 3. The Hall–Kier alpha value is -3.25. The van der Waals surface area contributed by atoms with Crippen molar-refractivity contribution in [3.05, 3.63) is 107 Å². The summed E-state index contributed by atoms with van der Waals surface area (Å²) in [6.07, 6.45) is -0.551. The largest absolute Gasteiger partial charge is 0.490 e. The van der Waals surface area contributed by atoms with Crippen LogP contribution in [0.1, 0.15) is 28.4 Å². The van der Waals surface area contributed by atoms with E-state index in [9.17, 15) is 5.11 Å². The zero-order valence-corrected chi connectivity index (χ0v) is 21.2. The number of ether oxygens (including phenoxy) is 1. The van der Waals surface area contributed by atoms with Crippen LogP contribution < -0.4 is 4.74 Å². The molecule has 5 heteroatoms. The highest BCUT2D eigenvalue weighted by Gasteiger charge is 2.27. The average molecular weight is 482 g/mol. The minimum absolute atomic E-state index is 0.245. The number of piperazine rings is 1. The van der Waals surface area contributed by atoms with Gasteiger partial charge in [-0.1, -0.05) is 66.7 Å². The zero-order chi connectivity index (χ0) is 24.9. The van der Waals surface area contributed by atoms with Gasteiger partial charge in [0, 0.05) is 43.8 Å². The average Bonchev–Trinajstić information content (AvgIpc) is 2.89. The number of nitrogens with zero attached hydrogens (tertiary/aromatic N) is 3. The number of fused-ring (bicyclic) bond motifs is 1. The SMILES string of the molecule is Cc1cc(C)c2c(OCC(O)CN3CCN(C(c4ccccc4)c4ccccc4)CC3)cccc2n1. The maximum atomic E-state index is 10.8. The number of hydrogen-bond acceptors (Lipinski definition) is 5. The summed E-state index contributed by atoms with van der Waals surface area (Å²) in [5.41, 5.74) is 5.71. The standard InChI is InChI=1S/C31H35N3O2/c1-23-20-24(2)32-28-14-9-15-29(30(23)28)36-22-27(35)21-33-16-18-34(19-17-33)31(25-10-5-3-6-11-25)26-12-7-4-8-13-26/h3-15,20,27,31,35H,16-19,21-22H2,1-2H3. The highest BCUT2D eigenvalue weighted by atomic mass is 16.5. The van der Waals surface area contributed by atoms with Crippen LogP contribution in [0.15, 0.2) is 84.9 Å². The third-order valence-electron chi connectivity index (χ3n) is 7.02. The molecule has 1 aliphatic rings. The first kappa shape index (κ1) is 24.4. The summed E-state index contributed by atoms with van der Waals surface area (Å²) in [5, 5.41) is 11.8. The van der Waals surface area contributed by atoms with Gasteiger partial charge in [0.1, 0.15) is 18.5 Å². The van der Waals surface area contributed by atoms with Crippen LogP contribution in [0.3, 0.4) is 0 Å². The van der Waals surface area contributed by atoms with Gasteiger partial charge in [-0.3, -0.25) is 14.8 Å². The van der Waals surface area contributed by atoms with Crippen LogP contribution in [-0.2, 0) is 0 Å². The molecule has 1 aliphatic heterocycles. The quantitative estimate of drug-likeness (QED) is 0.384. The van der Waals surface area contributed by atoms with E-state index < -0.39 is 6.10 Å². The lowest BCUT2D eigenvalue weighted by atomic mass is 9.96. The van der Waals surface area contributed by atoms with Gasteiger partial charge in [-0.05, 0) is 48.7 Å². The fourth-order valence-corrected chi connectivity index (χ4v) is 5.36. The molecule has 3 aromatic carbocycles. The molecular formula is C31H35N3O2. The molecule has 0 amide bonds. The topological polar surface area (TPSA) is 48.8 Å². The van der Waals surface area contributed by atoms with Crippen LogP contribution in [0.25, 0.3) is 10.9 Å². The van der Waals surface area contributed by atoms with Crippen LogP contribution in [0.2, 0.25) is 0 Å². The normalized spacial score (nSPS) is 15.9. The molecule has 2 heterocycles. The van der Waals surface area contributed by atoms with E-state index in [1.54, 1.807) is 0 Å². The van der Waals surface area contributed by atoms with Crippen molar-refractivity contribution in [1.29, 1.82) is 0 Å². The maximum absolute atomic E-state index is 10.8. The third-order valence-corrected chi connectivity index (χ3v) is 7.02. The molecule has 0 spiro atoms. The van der Waals surface area contributed by atoms with Gasteiger partial charge in [-0.2, -0.15) is 0 Å². The van der Waals surface area contributed by atoms with Crippen LogP contribution in [0.4, 0.5) is 0 Å². The first-order valence-electron chi connectivity index (χ1n) is 12.8. The maximum Gasteiger partial charge on any atom is 0.129 e. The Morgan fingerprint density at radius 3 is 2.11 bits per heavy atom. The molecule has 5 rings (SSSR count). The molecule has 0 bridgehead atoms. The van der Waals surface area contributed by atoms with Gasteiger partial charge in [-0.25, -0.2) is 0 Å². The van der Waals surface area contributed by atoms with Crippen molar-refractivity contribution in [2.24, 2.45) is 0 Å². The number of aliphatic hydroxyl groups excluding tert-OH is 1. The van der Waals surface area contributed by atoms with Crippen molar-refractivity contribution in [3.63, 3.8) is 0 Å². The summed E-state index contributed by atoms with van der Waals surface area (Å²) in [5.74, 6) is 0.787. The number of pyridine rings is 1. The van der Waals surface area contributed by atoms with Gasteiger partial charge >= 0.3 is 0 Å². The monoisotopic (exact) mass is 481 g/mol. The summed E-state index contributed by atoms with van der Waals surface area (Å²) >= 11 is 0. The highest BCUT2D eigenvalue weighted by Crippen LogP contribution is 2.30. The van der Waals surface area contributed by atoms with E-state index in [-0.39, 0.29) is 12.6 Å². The molecule has 36 heavy (non-hydrogen) atoms. The van der Waals surface area contributed by atoms with E-state index >= 15 is 0 Å². The van der Waals surface area contributed by atoms with E-state index in [0.717, 1.165) is 54.1 Å². The molecule has 5 nitrogen and oxygen atoms in total. The van der Waals surface area contributed by atoms with Crippen LogP contribution in [-0.4, -0.2) is 65.3 Å². The van der Waals surface area contributed by atoms with Crippen molar-refractivity contribution in [2.45, 2.75) is 26.0 Å². The molecular weight excluding hydrogens is 446 g/mol. The molecule has 1 unspecified atom stereocenters. The van der Waals surface area contributed by atoms with Crippen molar-refractivity contribution < 1.29 is 9.84 Å². The van der Waals surface area contributed by atoms with Gasteiger partial charge in [0.2, 0.25) is 0 Å². The van der Waals surface area contributed by atoms with Crippen LogP contribution in [0, 0.1) is 13.8 Å². The minimum atomic E-state index is -0.551. The van der Waals surface area contributed by atoms with E-state index in [1.165, 1.54) is 11.1 Å². The Labute approximate surface area is 214 Å². The second-order valence-electron chi connectivity index (χ2n) is 9.76. The summed E-state index contributed by atoms with van der Waals surface area (Å²) in [6.45, 7) is 8.71. The van der Waals surface area contributed by atoms with Crippen molar-refractivity contribution >= 4 is 10.9 Å². The summed E-state index contributed by atoms with van der Waals surface area (Å²) in [4.78, 5) is 9.53. The molecule has 1 N–H and O–H groups in total. The Kier molecular flexibility index (Phi) is 7.61. The smallest absolute Gasteiger partial charge is 0.129 e. The number of rotatable bonds is 8. The Balaban J connectivity index is 1.19. The first-order chi connectivity index (χ1) is 17.6. The molecule has 1 atom stereocenters. The van der Waals surface area contributed by atoms with Gasteiger partial charge in [0.15, 0.2) is 0 Å². The number of aryl methyl sites for hydroxylation is 2. The number of β-amino-alcohol motifs (C(OH)–C–C–N with tert-alkyl or cyclic N) is 1. The number of aromatic nitrogens is 1. The lowest BCUT2D eigenvalue weighted by molar-refractivity contribution is 0.0404. The van der Waals surface area contributed by atoms with E-state index in [2.05, 4.69) is 88.4 Å². The number of aliphatic hydroxyl groups is 1. The fraction of sp³-hybridized carbons (Fsp3) is 0.323. The van der Waals surface area contributed by atoms with E-state index in [0.29, 0.717) is 6.54 Å². The van der Waals surface area contributed by atoms with Crippen molar-refractivity contribution in [2.75, 3.05) is 39.3 Å². The second kappa shape index (κ2) is 11.2. The van der Waals surface area contributed by atoms with Gasteiger partial charge in [0.25, 0.3) is 0 Å². The highest BCUT2D eigenvalue weighted by molar-refractivity contribution is 5.88. The molecule has 1 aromatic heterocycles. The molecule has 186 valence electrons. The fourth-order valence-electron chi connectivity index (χ4n) is 5.36. The Bertz CT molecular complexity index is 1230. The lowest BCUT2D eigenvalue weighted by Crippen LogP contribution is -2.50. The molecule has 1 fully saturated rings. The first-order valence-corrected chi connectivity index (χ1v) is 12.8. The second-order valence-corrected chi connectivity index (χ2v) is 9.76. The molecule has 0 saturated carbocycles. The molecule has 4 aromatic rings. The van der Waals surface area contributed by atoms with E-state index in [1.807, 2.05) is 25.1 Å². The lowest BCUT2D eigenvalue weighted by Gasteiger charge is -2.40. The molecule has 0 radical (unpaired) electrons. The molecule has 0 aliphatic carbocycles. The predicted octanol–water partition coefficient (Wildman–Crippen LogP) is 5.00. The molecule has 1 saturated heterocycles. The summed E-state index contributed by atoms with van der Waals surface area (Å²) in [7, 11) is 0. The van der Waals surface area contributed by atoms with Crippen molar-refractivity contribution in [3.8, 4) is 5.75 Å². The van der Waals surface area contributed by atoms with Crippen molar-refractivity contribution in [1.82, 2.24) is 14.8 Å². The Morgan fingerprint density at radius 1 is 0.833 bits per heavy atom. The zero-order valence-electron chi connectivity index (χ0n) is 21.2. The van der Waals surface area contributed by atoms with Gasteiger partial charge < -0.3 is 9.84 Å². The minimum Gasteiger partial charge on any atom is -0.490 e. The van der Waals surface area contributed by atoms with Gasteiger partial charge in [0.05, 0.1) is 11.6 Å². The van der Waals surface area contributed by atoms with E-state index in [4.69, 9.17) is 4.74 Å². The van der Waals surface area contributed by atoms with Gasteiger partial charge in [-0.15, -0.1) is 0 Å². The third kappa shape index (κ3) is 5.59. The predicted molar refractivity (Wildman–Crippen MR) is 145 cm³/mol.